The van der Waals surface area contributed by atoms with Crippen molar-refractivity contribution in [3.05, 3.63) is 47.5 Å². The first kappa shape index (κ1) is 32.9. The van der Waals surface area contributed by atoms with Crippen molar-refractivity contribution in [2.75, 3.05) is 39.6 Å². The lowest BCUT2D eigenvalue weighted by Crippen LogP contribution is -2.79. The van der Waals surface area contributed by atoms with Crippen molar-refractivity contribution in [1.29, 1.82) is 0 Å². The van der Waals surface area contributed by atoms with Gasteiger partial charge in [-0.25, -0.2) is 4.79 Å². The van der Waals surface area contributed by atoms with Crippen LogP contribution >= 0.6 is 0 Å². The number of benzene rings is 2. The number of rotatable bonds is 7. The van der Waals surface area contributed by atoms with Crippen molar-refractivity contribution >= 4 is 40.8 Å². The highest BCUT2D eigenvalue weighted by molar-refractivity contribution is 6.33. The van der Waals surface area contributed by atoms with Gasteiger partial charge < -0.3 is 26.0 Å². The van der Waals surface area contributed by atoms with Crippen LogP contribution < -0.4 is 16.4 Å². The second-order valence-electron chi connectivity index (χ2n) is 13.2. The number of primary amides is 1. The van der Waals surface area contributed by atoms with Gasteiger partial charge in [-0.05, 0) is 74.3 Å². The van der Waals surface area contributed by atoms with Gasteiger partial charge in [-0.1, -0.05) is 32.0 Å². The molecule has 0 radical (unpaired) electrons. The SMILES string of the molecule is CNCCOC(=O)Nc1ccc(-c2ccc(O)c3c2C[C@@]2(C)C[C@@]4(C)[C@H](N(C)C)C(=O)C(C(N)=O)C(=O)[C@@]4(O)C(=O)C2C3=O)cc1. The van der Waals surface area contributed by atoms with Crippen LogP contribution in [-0.4, -0.2) is 96.2 Å². The van der Waals surface area contributed by atoms with Crippen molar-refractivity contribution < 1.29 is 43.7 Å². The number of nitrogens with two attached hydrogens (primary N) is 1. The number of hydrogen-bond donors (Lipinski definition) is 5. The number of Topliss-reactive ketones (excluding diaryl/α,β-unsaturated/α-hetero) is 4. The minimum atomic E-state index is -2.86. The van der Waals surface area contributed by atoms with Crippen LogP contribution in [0.15, 0.2) is 36.4 Å². The zero-order valence-electron chi connectivity index (χ0n) is 26.3. The summed E-state index contributed by atoms with van der Waals surface area (Å²) in [7, 11) is 4.82. The van der Waals surface area contributed by atoms with Crippen LogP contribution in [0.1, 0.15) is 36.2 Å². The number of amides is 2. The summed E-state index contributed by atoms with van der Waals surface area (Å²) in [6.45, 7) is 3.85. The first-order valence-corrected chi connectivity index (χ1v) is 14.9. The summed E-state index contributed by atoms with van der Waals surface area (Å²) in [6, 6.07) is 8.50. The summed E-state index contributed by atoms with van der Waals surface area (Å²) in [5.41, 5.74) is 1.72. The molecule has 3 aliphatic rings. The lowest BCUT2D eigenvalue weighted by molar-refractivity contribution is -0.203. The zero-order valence-corrected chi connectivity index (χ0v) is 26.3. The molecular formula is C33H38N4O9. The van der Waals surface area contributed by atoms with E-state index in [9.17, 15) is 39.0 Å². The van der Waals surface area contributed by atoms with Gasteiger partial charge in [0.05, 0.1) is 17.5 Å². The molecule has 6 N–H and O–H groups in total. The molecule has 0 aliphatic heterocycles. The van der Waals surface area contributed by atoms with Gasteiger partial charge in [0.15, 0.2) is 34.7 Å². The minimum absolute atomic E-state index is 0.0828. The van der Waals surface area contributed by atoms with Crippen molar-refractivity contribution in [3.63, 3.8) is 0 Å². The molecule has 3 aliphatic carbocycles. The van der Waals surface area contributed by atoms with Crippen LogP contribution in [0.4, 0.5) is 10.5 Å². The summed E-state index contributed by atoms with van der Waals surface area (Å²) in [6.07, 6.45) is -0.653. The number of carbonyl (C=O) groups excluding carboxylic acids is 6. The van der Waals surface area contributed by atoms with Gasteiger partial charge in [0.25, 0.3) is 0 Å². The van der Waals surface area contributed by atoms with Crippen molar-refractivity contribution in [3.8, 4) is 16.9 Å². The number of ether oxygens (including phenoxy) is 1. The van der Waals surface area contributed by atoms with Gasteiger partial charge in [0.2, 0.25) is 5.91 Å². The largest absolute Gasteiger partial charge is 0.507 e. The number of hydrogen-bond acceptors (Lipinski definition) is 11. The molecule has 0 spiro atoms. The number of ketones is 4. The molecule has 244 valence electrons. The van der Waals surface area contributed by atoms with E-state index in [2.05, 4.69) is 10.6 Å². The third-order valence-corrected chi connectivity index (χ3v) is 9.90. The molecule has 0 saturated heterocycles. The number of carbonyl (C=O) groups is 6. The average Bonchev–Trinajstić information content (AvgIpc) is 2.95. The number of anilines is 1. The number of aromatic hydroxyl groups is 1. The quantitative estimate of drug-likeness (QED) is 0.215. The van der Waals surface area contributed by atoms with Crippen molar-refractivity contribution in [2.45, 2.75) is 38.3 Å². The van der Waals surface area contributed by atoms with Gasteiger partial charge in [-0.2, -0.15) is 0 Å². The molecular weight excluding hydrogens is 596 g/mol. The molecule has 2 unspecified atom stereocenters. The van der Waals surface area contributed by atoms with Crippen LogP contribution in [0, 0.1) is 22.7 Å². The van der Waals surface area contributed by atoms with Gasteiger partial charge in [0.1, 0.15) is 12.4 Å². The van der Waals surface area contributed by atoms with Crippen molar-refractivity contribution in [2.24, 2.45) is 28.4 Å². The van der Waals surface area contributed by atoms with E-state index in [1.54, 1.807) is 58.4 Å². The van der Waals surface area contributed by atoms with Crippen LogP contribution in [-0.2, 0) is 30.3 Å². The Morgan fingerprint density at radius 3 is 2.28 bits per heavy atom. The third-order valence-electron chi connectivity index (χ3n) is 9.90. The Labute approximate surface area is 265 Å². The summed E-state index contributed by atoms with van der Waals surface area (Å²) in [5, 5.41) is 28.5. The number of phenols is 1. The molecule has 46 heavy (non-hydrogen) atoms. The minimum Gasteiger partial charge on any atom is -0.507 e. The first-order chi connectivity index (χ1) is 21.5. The van der Waals surface area contributed by atoms with Crippen LogP contribution in [0.25, 0.3) is 11.1 Å². The summed E-state index contributed by atoms with van der Waals surface area (Å²) >= 11 is 0. The Morgan fingerprint density at radius 1 is 1.04 bits per heavy atom. The molecule has 2 aromatic rings. The third kappa shape index (κ3) is 4.72. The fourth-order valence-corrected chi connectivity index (χ4v) is 8.12. The maximum Gasteiger partial charge on any atom is 0.411 e. The Kier molecular flexibility index (Phi) is 8.16. The number of nitrogens with one attached hydrogen (secondary N) is 2. The lowest BCUT2D eigenvalue weighted by atomic mass is 9.42. The number of aliphatic hydroxyl groups is 1. The fourth-order valence-electron chi connectivity index (χ4n) is 8.12. The average molecular weight is 635 g/mol. The van der Waals surface area contributed by atoms with E-state index in [-0.39, 0.29) is 30.8 Å². The van der Waals surface area contributed by atoms with E-state index in [1.165, 1.54) is 17.9 Å². The summed E-state index contributed by atoms with van der Waals surface area (Å²) in [4.78, 5) is 81.7. The van der Waals surface area contributed by atoms with E-state index >= 15 is 0 Å². The zero-order chi connectivity index (χ0) is 33.9. The number of phenolic OH excluding ortho intramolecular Hbond substituents is 1. The highest BCUT2D eigenvalue weighted by atomic mass is 16.5. The molecule has 0 heterocycles. The highest BCUT2D eigenvalue weighted by Gasteiger charge is 2.76. The second kappa shape index (κ2) is 11.4. The van der Waals surface area contributed by atoms with E-state index in [0.717, 1.165) is 0 Å². The molecule has 2 aromatic carbocycles. The molecule has 6 atom stereocenters. The highest BCUT2D eigenvalue weighted by Crippen LogP contribution is 2.62. The van der Waals surface area contributed by atoms with Gasteiger partial charge in [0, 0.05) is 17.6 Å². The Balaban J connectivity index is 1.58. The summed E-state index contributed by atoms with van der Waals surface area (Å²) in [5.74, 6) is -9.28. The van der Waals surface area contributed by atoms with Crippen LogP contribution in [0.3, 0.4) is 0 Å². The molecule has 2 fully saturated rings. The predicted molar refractivity (Wildman–Crippen MR) is 165 cm³/mol. The number of fused-ring (bicyclic) bond motifs is 3. The molecule has 0 aromatic heterocycles. The van der Waals surface area contributed by atoms with E-state index < -0.39 is 69.4 Å². The molecule has 5 rings (SSSR count). The van der Waals surface area contributed by atoms with Gasteiger partial charge >= 0.3 is 6.09 Å². The van der Waals surface area contributed by atoms with Crippen LogP contribution in [0.2, 0.25) is 0 Å². The Hall–Kier alpha value is -4.46. The number of nitrogens with zero attached hydrogens (tertiary/aromatic N) is 1. The smallest absolute Gasteiger partial charge is 0.411 e. The van der Waals surface area contributed by atoms with Gasteiger partial charge in [-0.15, -0.1) is 0 Å². The van der Waals surface area contributed by atoms with Gasteiger partial charge in [-0.3, -0.25) is 34.2 Å². The maximum absolute atomic E-state index is 14.4. The molecule has 2 amide bonds. The molecule has 2 saturated carbocycles. The lowest BCUT2D eigenvalue weighted by Gasteiger charge is -2.61. The standard InChI is InChI=1S/C33H38N4O9/c1-31-14-19-18(16-6-8-17(9-7-16)36-30(44)46-13-12-35-3)10-11-20(38)21(19)24(39)23(31)28(42)33(45)27(41)22(29(34)43)25(40)26(37(4)5)32(33,2)15-31/h6-11,22-23,26,35,38,45H,12-15H2,1-5H3,(H2,34,43)(H,36,44)/t22?,23?,26-,31+,32+,33-/m1/s1. The summed E-state index contributed by atoms with van der Waals surface area (Å²) < 4.78 is 5.09. The fraction of sp³-hybridized carbons (Fsp3) is 0.455. The molecule has 13 heteroatoms. The maximum atomic E-state index is 14.4. The topological polar surface area (TPSA) is 205 Å². The van der Waals surface area contributed by atoms with Crippen LogP contribution in [0.5, 0.6) is 5.75 Å². The molecule has 0 bridgehead atoms. The Bertz CT molecular complexity index is 1670. The van der Waals surface area contributed by atoms with E-state index in [0.29, 0.717) is 28.9 Å². The van der Waals surface area contributed by atoms with E-state index in [1.807, 2.05) is 0 Å². The molecule has 13 nitrogen and oxygen atoms in total. The second-order valence-corrected chi connectivity index (χ2v) is 13.2. The first-order valence-electron chi connectivity index (χ1n) is 14.9. The van der Waals surface area contributed by atoms with Crippen molar-refractivity contribution in [1.82, 2.24) is 10.2 Å². The van der Waals surface area contributed by atoms with E-state index in [4.69, 9.17) is 10.5 Å². The predicted octanol–water partition coefficient (Wildman–Crippen LogP) is 1.08. The number of likely N-dealkylation sites (N-methyl/N-ethyl adjacent to an activating group) is 2. The normalized spacial score (nSPS) is 30.4. The Morgan fingerprint density at radius 2 is 1.70 bits per heavy atom. The monoisotopic (exact) mass is 634 g/mol.